The average molecular weight is 560 g/mol. The molecule has 0 saturated heterocycles. The van der Waals surface area contributed by atoms with Gasteiger partial charge in [0.05, 0.1) is 18.8 Å². The van der Waals surface area contributed by atoms with E-state index in [-0.39, 0.29) is 12.5 Å². The normalized spacial score (nSPS) is 13.8. The second kappa shape index (κ2) is 31.9. The minimum absolute atomic E-state index is 0.0914. The Morgan fingerprint density at radius 1 is 0.575 bits per heavy atom. The minimum Gasteiger partial charge on any atom is -0.394 e. The molecule has 0 aliphatic rings. The topological polar surface area (TPSA) is 69.6 Å². The molecule has 1 amide bonds. The quantitative estimate of drug-likeness (QED) is 0.0631. The van der Waals surface area contributed by atoms with E-state index in [9.17, 15) is 15.0 Å². The molecule has 2 unspecified atom stereocenters. The van der Waals surface area contributed by atoms with Gasteiger partial charge in [-0.15, -0.1) is 0 Å². The predicted octanol–water partition coefficient (Wildman–Crippen LogP) is 9.67. The smallest absolute Gasteiger partial charge is 0.220 e. The molecule has 4 nitrogen and oxygen atoms in total. The summed E-state index contributed by atoms with van der Waals surface area (Å²) in [5, 5.41) is 22.8. The molecule has 0 fully saturated rings. The van der Waals surface area contributed by atoms with Crippen molar-refractivity contribution in [2.75, 3.05) is 6.61 Å². The molecule has 3 N–H and O–H groups in total. The first-order valence-corrected chi connectivity index (χ1v) is 16.9. The van der Waals surface area contributed by atoms with Crippen LogP contribution in [0.15, 0.2) is 48.6 Å². The van der Waals surface area contributed by atoms with Crippen molar-refractivity contribution in [2.45, 2.75) is 167 Å². The van der Waals surface area contributed by atoms with E-state index in [4.69, 9.17) is 0 Å². The number of unbranched alkanes of at least 4 members (excludes halogenated alkanes) is 16. The van der Waals surface area contributed by atoms with Crippen molar-refractivity contribution < 1.29 is 15.0 Å². The summed E-state index contributed by atoms with van der Waals surface area (Å²) in [6.07, 6.45) is 41.8. The summed E-state index contributed by atoms with van der Waals surface area (Å²) in [4.78, 5) is 12.3. The Morgan fingerprint density at radius 2 is 0.975 bits per heavy atom. The molecular formula is C36H65NO3. The number of hydrogen-bond acceptors (Lipinski definition) is 3. The Bertz CT molecular complexity index is 652. The monoisotopic (exact) mass is 559 g/mol. The van der Waals surface area contributed by atoms with Gasteiger partial charge in [-0.25, -0.2) is 0 Å². The average Bonchev–Trinajstić information content (AvgIpc) is 2.96. The Balaban J connectivity index is 3.77. The van der Waals surface area contributed by atoms with Crippen LogP contribution in [0.3, 0.4) is 0 Å². The number of nitrogens with one attached hydrogen (secondary N) is 1. The highest BCUT2D eigenvalue weighted by Crippen LogP contribution is 2.10. The summed E-state index contributed by atoms with van der Waals surface area (Å²) in [5.74, 6) is -0.0914. The van der Waals surface area contributed by atoms with E-state index in [1.807, 2.05) is 6.08 Å². The maximum absolute atomic E-state index is 12.3. The molecule has 0 rings (SSSR count). The second-order valence-electron chi connectivity index (χ2n) is 11.2. The number of aliphatic hydroxyl groups excluding tert-OH is 2. The summed E-state index contributed by atoms with van der Waals surface area (Å²) in [5.41, 5.74) is 0. The zero-order valence-electron chi connectivity index (χ0n) is 26.3. The first-order valence-electron chi connectivity index (χ1n) is 16.9. The highest BCUT2D eigenvalue weighted by molar-refractivity contribution is 5.76. The van der Waals surface area contributed by atoms with E-state index in [0.29, 0.717) is 6.42 Å². The maximum atomic E-state index is 12.3. The molecule has 0 bridgehead atoms. The van der Waals surface area contributed by atoms with Gasteiger partial charge in [0.1, 0.15) is 0 Å². The molecule has 0 spiro atoms. The minimum atomic E-state index is -0.871. The lowest BCUT2D eigenvalue weighted by molar-refractivity contribution is -0.123. The van der Waals surface area contributed by atoms with Crippen LogP contribution in [-0.2, 0) is 4.79 Å². The van der Waals surface area contributed by atoms with Crippen LogP contribution in [0.5, 0.6) is 0 Å². The number of allylic oxidation sites excluding steroid dienone is 7. The first-order chi connectivity index (χ1) is 19.7. The van der Waals surface area contributed by atoms with Crippen molar-refractivity contribution in [2.24, 2.45) is 0 Å². The van der Waals surface area contributed by atoms with Crippen molar-refractivity contribution in [3.8, 4) is 0 Å². The third-order valence-corrected chi connectivity index (χ3v) is 7.26. The lowest BCUT2D eigenvalue weighted by Gasteiger charge is -2.19. The van der Waals surface area contributed by atoms with E-state index in [1.165, 1.54) is 83.5 Å². The Kier molecular flexibility index (Phi) is 30.6. The predicted molar refractivity (Wildman–Crippen MR) is 175 cm³/mol. The van der Waals surface area contributed by atoms with Crippen molar-refractivity contribution in [1.29, 1.82) is 0 Å². The molecule has 0 aliphatic heterocycles. The van der Waals surface area contributed by atoms with Gasteiger partial charge in [-0.1, -0.05) is 127 Å². The Hall–Kier alpha value is -1.65. The van der Waals surface area contributed by atoms with Crippen LogP contribution in [0.2, 0.25) is 0 Å². The molecule has 232 valence electrons. The Morgan fingerprint density at radius 3 is 1.48 bits per heavy atom. The molecule has 0 radical (unpaired) electrons. The number of carbonyl (C=O) groups is 1. The molecule has 0 aromatic heterocycles. The van der Waals surface area contributed by atoms with Crippen molar-refractivity contribution in [3.05, 3.63) is 48.6 Å². The largest absolute Gasteiger partial charge is 0.394 e. The first kappa shape index (κ1) is 38.4. The van der Waals surface area contributed by atoms with Crippen molar-refractivity contribution in [1.82, 2.24) is 5.32 Å². The fourth-order valence-electron chi connectivity index (χ4n) is 4.61. The molecule has 0 aromatic rings. The van der Waals surface area contributed by atoms with Crippen LogP contribution in [0, 0.1) is 0 Å². The zero-order chi connectivity index (χ0) is 29.4. The highest BCUT2D eigenvalue weighted by Gasteiger charge is 2.17. The van der Waals surface area contributed by atoms with Crippen LogP contribution < -0.4 is 5.32 Å². The lowest BCUT2D eigenvalue weighted by Crippen LogP contribution is -2.45. The van der Waals surface area contributed by atoms with Gasteiger partial charge in [0.25, 0.3) is 0 Å². The third kappa shape index (κ3) is 27.9. The number of amides is 1. The van der Waals surface area contributed by atoms with Gasteiger partial charge < -0.3 is 15.5 Å². The number of rotatable bonds is 29. The van der Waals surface area contributed by atoms with Crippen LogP contribution >= 0.6 is 0 Å². The Labute approximate surface area is 248 Å². The van der Waals surface area contributed by atoms with Crippen LogP contribution in [0.4, 0.5) is 0 Å². The van der Waals surface area contributed by atoms with Crippen molar-refractivity contribution >= 4 is 5.91 Å². The molecule has 0 aromatic carbocycles. The van der Waals surface area contributed by atoms with Gasteiger partial charge >= 0.3 is 0 Å². The van der Waals surface area contributed by atoms with Crippen molar-refractivity contribution in [3.63, 3.8) is 0 Å². The van der Waals surface area contributed by atoms with E-state index < -0.39 is 12.1 Å². The molecule has 0 heterocycles. The van der Waals surface area contributed by atoms with E-state index in [1.54, 1.807) is 6.08 Å². The molecule has 0 aliphatic carbocycles. The summed E-state index contributed by atoms with van der Waals surface area (Å²) in [7, 11) is 0. The highest BCUT2D eigenvalue weighted by atomic mass is 16.3. The van der Waals surface area contributed by atoms with Gasteiger partial charge in [0, 0.05) is 6.42 Å². The maximum Gasteiger partial charge on any atom is 0.220 e. The molecule has 0 saturated carbocycles. The fraction of sp³-hybridized carbons (Fsp3) is 0.750. The third-order valence-electron chi connectivity index (χ3n) is 7.26. The van der Waals surface area contributed by atoms with Gasteiger partial charge in [0.15, 0.2) is 0 Å². The van der Waals surface area contributed by atoms with E-state index in [2.05, 4.69) is 55.6 Å². The van der Waals surface area contributed by atoms with Crippen LogP contribution in [0.25, 0.3) is 0 Å². The number of hydrogen-bond donors (Lipinski definition) is 3. The number of aliphatic hydroxyl groups is 2. The van der Waals surface area contributed by atoms with Crippen LogP contribution in [0.1, 0.15) is 155 Å². The molecule has 40 heavy (non-hydrogen) atoms. The second-order valence-corrected chi connectivity index (χ2v) is 11.2. The SMILES string of the molecule is CCCCCC/C=C/CC/C=C/CC/C=C/C(O)C(CO)NC(=O)CCCCCCC/C=C\CCCCCCC. The lowest BCUT2D eigenvalue weighted by atomic mass is 10.1. The van der Waals surface area contributed by atoms with E-state index >= 15 is 0 Å². The molecule has 4 heteroatoms. The fourth-order valence-corrected chi connectivity index (χ4v) is 4.61. The molecular weight excluding hydrogens is 494 g/mol. The van der Waals surface area contributed by atoms with Gasteiger partial charge in [-0.05, 0) is 70.6 Å². The van der Waals surface area contributed by atoms with E-state index in [0.717, 1.165) is 51.4 Å². The molecule has 2 atom stereocenters. The van der Waals surface area contributed by atoms with Gasteiger partial charge in [0.2, 0.25) is 5.91 Å². The standard InChI is InChI=1S/C36H65NO3/c1-3-5-7-9-11-13-15-17-19-21-23-25-27-29-31-35(39)34(33-38)37-36(40)32-30-28-26-24-22-20-18-16-14-12-10-8-6-4-2/h13,15-16,18,21,23,29,31,34-35,38-39H,3-12,14,17,19-20,22,24-28,30,32-33H2,1-2H3,(H,37,40)/b15-13+,18-16-,23-21+,31-29+. The van der Waals surface area contributed by atoms with Crippen LogP contribution in [-0.4, -0.2) is 34.9 Å². The summed E-state index contributed by atoms with van der Waals surface area (Å²) in [6, 6.07) is -0.647. The summed E-state index contributed by atoms with van der Waals surface area (Å²) >= 11 is 0. The zero-order valence-corrected chi connectivity index (χ0v) is 26.3. The summed E-state index contributed by atoms with van der Waals surface area (Å²) < 4.78 is 0. The van der Waals surface area contributed by atoms with Gasteiger partial charge in [-0.3, -0.25) is 4.79 Å². The van der Waals surface area contributed by atoms with Gasteiger partial charge in [-0.2, -0.15) is 0 Å². The number of carbonyl (C=O) groups excluding carboxylic acids is 1. The summed E-state index contributed by atoms with van der Waals surface area (Å²) in [6.45, 7) is 4.23.